The molecule has 0 N–H and O–H groups in total. The maximum absolute atomic E-state index is 5.10. The second kappa shape index (κ2) is 3.42. The van der Waals surface area contributed by atoms with Gasteiger partial charge in [0.1, 0.15) is 0 Å². The van der Waals surface area contributed by atoms with Crippen LogP contribution in [0.1, 0.15) is 6.92 Å². The molecule has 1 atom stereocenters. The van der Waals surface area contributed by atoms with Gasteiger partial charge in [0.25, 0.3) is 0 Å². The summed E-state index contributed by atoms with van der Waals surface area (Å²) in [5.74, 6) is 0. The molecule has 1 rings (SSSR count). The summed E-state index contributed by atoms with van der Waals surface area (Å²) < 4.78 is 7.21. The number of hydrogen-bond acceptors (Lipinski definition) is 1. The average Bonchev–Trinajstić information content (AvgIpc) is 2.40. The third-order valence-electron chi connectivity index (χ3n) is 1.54. The van der Waals surface area contributed by atoms with Gasteiger partial charge in [0.2, 0.25) is 0 Å². The van der Waals surface area contributed by atoms with Crippen LogP contribution in [0.2, 0.25) is 0 Å². The van der Waals surface area contributed by atoms with Gasteiger partial charge in [-0.2, -0.15) is 0 Å². The number of rotatable bonds is 3. The Morgan fingerprint density at radius 2 is 2.00 bits per heavy atom. The Kier molecular flexibility index (Phi) is 2.51. The molecule has 0 aromatic carbocycles. The van der Waals surface area contributed by atoms with Crippen LogP contribution in [0.25, 0.3) is 0 Å². The lowest BCUT2D eigenvalue weighted by atomic mass is 10.4. The minimum atomic E-state index is 0.299. The summed E-state index contributed by atoms with van der Waals surface area (Å²) in [7, 11) is 1.73. The van der Waals surface area contributed by atoms with Crippen molar-refractivity contribution in [1.29, 1.82) is 0 Å². The fraction of sp³-hybridized carbons (Fsp3) is 0.500. The van der Waals surface area contributed by atoms with Gasteiger partial charge in [-0.3, -0.25) is 0 Å². The molecule has 0 amide bonds. The normalized spacial score (nSPS) is 13.4. The molecule has 1 aromatic rings. The number of methoxy groups -OCH3 is 1. The second-order valence-electron chi connectivity index (χ2n) is 2.43. The molecule has 2 heteroatoms. The molecule has 1 heterocycles. The maximum atomic E-state index is 5.10. The maximum Gasteiger partial charge on any atom is 0.0721 e. The van der Waals surface area contributed by atoms with Crippen LogP contribution in [0.15, 0.2) is 24.5 Å². The summed E-state index contributed by atoms with van der Waals surface area (Å²) in [6.07, 6.45) is 4.37. The minimum absolute atomic E-state index is 0.299. The quantitative estimate of drug-likeness (QED) is 0.619. The first kappa shape index (κ1) is 7.35. The molecule has 0 fully saturated rings. The average molecular weight is 139 g/mol. The zero-order valence-corrected chi connectivity index (χ0v) is 6.45. The Balaban J connectivity index is 2.40. The molecule has 0 aliphatic heterocycles. The van der Waals surface area contributed by atoms with Gasteiger partial charge in [0.15, 0.2) is 0 Å². The molecular formula is C8H13NO. The van der Waals surface area contributed by atoms with Crippen LogP contribution in [0.3, 0.4) is 0 Å². The van der Waals surface area contributed by atoms with E-state index in [1.54, 1.807) is 7.11 Å². The lowest BCUT2D eigenvalue weighted by Gasteiger charge is -2.09. The molecule has 0 saturated heterocycles. The molecule has 1 aromatic heterocycles. The minimum Gasteiger partial charge on any atom is -0.380 e. The summed E-state index contributed by atoms with van der Waals surface area (Å²) >= 11 is 0. The Morgan fingerprint density at radius 1 is 1.40 bits per heavy atom. The number of aromatic nitrogens is 1. The smallest absolute Gasteiger partial charge is 0.0721 e. The van der Waals surface area contributed by atoms with Gasteiger partial charge in [0.05, 0.1) is 6.10 Å². The standard InChI is InChI=1S/C8H13NO/c1-8(10-2)7-9-5-3-4-6-9/h3-6,8H,7H2,1-2H3. The Labute approximate surface area is 61.4 Å². The summed E-state index contributed by atoms with van der Waals surface area (Å²) in [6, 6.07) is 4.03. The van der Waals surface area contributed by atoms with E-state index >= 15 is 0 Å². The largest absolute Gasteiger partial charge is 0.380 e. The molecule has 0 spiro atoms. The summed E-state index contributed by atoms with van der Waals surface area (Å²) in [5.41, 5.74) is 0. The van der Waals surface area contributed by atoms with Crippen LogP contribution in [0.5, 0.6) is 0 Å². The number of nitrogens with zero attached hydrogens (tertiary/aromatic N) is 1. The molecule has 0 aliphatic carbocycles. The molecule has 0 radical (unpaired) electrons. The van der Waals surface area contributed by atoms with E-state index < -0.39 is 0 Å². The Morgan fingerprint density at radius 3 is 2.50 bits per heavy atom. The predicted octanol–water partition coefficient (Wildman–Crippen LogP) is 1.52. The van der Waals surface area contributed by atoms with Crippen molar-refractivity contribution in [2.75, 3.05) is 7.11 Å². The first-order valence-corrected chi connectivity index (χ1v) is 3.46. The predicted molar refractivity (Wildman–Crippen MR) is 40.9 cm³/mol. The van der Waals surface area contributed by atoms with E-state index in [0.29, 0.717) is 6.10 Å². The van der Waals surface area contributed by atoms with Crippen molar-refractivity contribution in [1.82, 2.24) is 4.57 Å². The first-order valence-electron chi connectivity index (χ1n) is 3.46. The van der Waals surface area contributed by atoms with Crippen LogP contribution in [0.4, 0.5) is 0 Å². The Bertz CT molecular complexity index is 169. The highest BCUT2D eigenvalue weighted by molar-refractivity contribution is 4.90. The summed E-state index contributed by atoms with van der Waals surface area (Å²) in [5, 5.41) is 0. The first-order chi connectivity index (χ1) is 4.83. The van der Waals surface area contributed by atoms with Crippen molar-refractivity contribution in [2.24, 2.45) is 0 Å². The van der Waals surface area contributed by atoms with Crippen LogP contribution >= 0.6 is 0 Å². The fourth-order valence-corrected chi connectivity index (χ4v) is 0.863. The Hall–Kier alpha value is -0.760. The highest BCUT2D eigenvalue weighted by Crippen LogP contribution is 1.95. The fourth-order valence-electron chi connectivity index (χ4n) is 0.863. The van der Waals surface area contributed by atoms with E-state index in [1.165, 1.54) is 0 Å². The van der Waals surface area contributed by atoms with Crippen LogP contribution in [0, 0.1) is 0 Å². The van der Waals surface area contributed by atoms with Crippen molar-refractivity contribution in [2.45, 2.75) is 19.6 Å². The molecule has 0 bridgehead atoms. The third-order valence-corrected chi connectivity index (χ3v) is 1.54. The van der Waals surface area contributed by atoms with Gasteiger partial charge >= 0.3 is 0 Å². The van der Waals surface area contributed by atoms with E-state index in [9.17, 15) is 0 Å². The zero-order chi connectivity index (χ0) is 7.40. The third kappa shape index (κ3) is 1.88. The topological polar surface area (TPSA) is 14.2 Å². The molecule has 56 valence electrons. The van der Waals surface area contributed by atoms with Crippen LogP contribution in [-0.4, -0.2) is 17.8 Å². The van der Waals surface area contributed by atoms with Gasteiger partial charge in [-0.05, 0) is 19.1 Å². The molecule has 0 saturated carbocycles. The van der Waals surface area contributed by atoms with Gasteiger partial charge in [-0.25, -0.2) is 0 Å². The SMILES string of the molecule is COC(C)Cn1cccc1. The second-order valence-corrected chi connectivity index (χ2v) is 2.43. The molecular weight excluding hydrogens is 126 g/mol. The lowest BCUT2D eigenvalue weighted by molar-refractivity contribution is 0.103. The van der Waals surface area contributed by atoms with Gasteiger partial charge in [0, 0.05) is 26.0 Å². The van der Waals surface area contributed by atoms with Gasteiger partial charge in [-0.1, -0.05) is 0 Å². The van der Waals surface area contributed by atoms with Crippen molar-refractivity contribution < 1.29 is 4.74 Å². The monoisotopic (exact) mass is 139 g/mol. The highest BCUT2D eigenvalue weighted by atomic mass is 16.5. The van der Waals surface area contributed by atoms with Gasteiger partial charge in [-0.15, -0.1) is 0 Å². The van der Waals surface area contributed by atoms with Crippen molar-refractivity contribution in [3.8, 4) is 0 Å². The van der Waals surface area contributed by atoms with E-state index in [4.69, 9.17) is 4.74 Å². The highest BCUT2D eigenvalue weighted by Gasteiger charge is 1.97. The van der Waals surface area contributed by atoms with E-state index in [2.05, 4.69) is 11.5 Å². The van der Waals surface area contributed by atoms with E-state index in [0.717, 1.165) is 6.54 Å². The van der Waals surface area contributed by atoms with Crippen LogP contribution in [-0.2, 0) is 11.3 Å². The number of ether oxygens (including phenoxy) is 1. The van der Waals surface area contributed by atoms with E-state index in [1.807, 2.05) is 24.5 Å². The summed E-state index contributed by atoms with van der Waals surface area (Å²) in [6.45, 7) is 2.99. The number of hydrogen-bond donors (Lipinski definition) is 0. The molecule has 2 nitrogen and oxygen atoms in total. The molecule has 10 heavy (non-hydrogen) atoms. The van der Waals surface area contributed by atoms with E-state index in [-0.39, 0.29) is 0 Å². The molecule has 0 aliphatic rings. The van der Waals surface area contributed by atoms with Crippen LogP contribution < -0.4 is 0 Å². The molecule has 1 unspecified atom stereocenters. The zero-order valence-electron chi connectivity index (χ0n) is 6.45. The van der Waals surface area contributed by atoms with Crippen molar-refractivity contribution in [3.63, 3.8) is 0 Å². The van der Waals surface area contributed by atoms with Crippen molar-refractivity contribution >= 4 is 0 Å². The van der Waals surface area contributed by atoms with Crippen molar-refractivity contribution in [3.05, 3.63) is 24.5 Å². The summed E-state index contributed by atoms with van der Waals surface area (Å²) in [4.78, 5) is 0. The van der Waals surface area contributed by atoms with Gasteiger partial charge < -0.3 is 9.30 Å². The lowest BCUT2D eigenvalue weighted by Crippen LogP contribution is -2.12.